The Bertz CT molecular complexity index is 294. The largest absolute Gasteiger partial charge is 0.480 e. The summed E-state index contributed by atoms with van der Waals surface area (Å²) in [5.74, 6) is -1.49. The van der Waals surface area contributed by atoms with Crippen LogP contribution in [0.1, 0.15) is 84.0 Å². The molecule has 0 aromatic rings. The number of nitrogens with one attached hydrogen (secondary N) is 1. The van der Waals surface area contributed by atoms with Gasteiger partial charge in [0, 0.05) is 6.42 Å². The SMILES string of the molecule is CCCCCCCCCCCCCC(=O)N[C@H](CO)C(=O)O. The van der Waals surface area contributed by atoms with Gasteiger partial charge in [0.25, 0.3) is 0 Å². The Labute approximate surface area is 134 Å². The molecule has 1 atom stereocenters. The Hall–Kier alpha value is -1.10. The number of hydrogen-bond donors (Lipinski definition) is 3. The molecule has 0 aromatic carbocycles. The van der Waals surface area contributed by atoms with E-state index in [0.29, 0.717) is 6.42 Å². The van der Waals surface area contributed by atoms with Crippen LogP contribution in [0.2, 0.25) is 0 Å². The lowest BCUT2D eigenvalue weighted by Crippen LogP contribution is -2.43. The maximum absolute atomic E-state index is 11.5. The van der Waals surface area contributed by atoms with E-state index >= 15 is 0 Å². The summed E-state index contributed by atoms with van der Waals surface area (Å²) in [4.78, 5) is 22.1. The molecule has 0 unspecified atom stereocenters. The number of carboxylic acid groups (broad SMARTS) is 1. The number of carbonyl (C=O) groups is 2. The monoisotopic (exact) mass is 315 g/mol. The molecule has 5 heteroatoms. The quantitative estimate of drug-likeness (QED) is 0.405. The lowest BCUT2D eigenvalue weighted by atomic mass is 10.1. The molecule has 0 spiro atoms. The predicted octanol–water partition coefficient (Wildman–Crippen LogP) is 3.25. The first-order valence-corrected chi connectivity index (χ1v) is 8.74. The first-order chi connectivity index (χ1) is 10.6. The molecule has 0 fully saturated rings. The summed E-state index contributed by atoms with van der Waals surface area (Å²) in [6.45, 7) is 1.66. The molecular weight excluding hydrogens is 282 g/mol. The Balaban J connectivity index is 3.35. The second kappa shape index (κ2) is 14.8. The number of unbranched alkanes of at least 4 members (excludes halogenated alkanes) is 10. The summed E-state index contributed by atoms with van der Waals surface area (Å²) in [7, 11) is 0. The maximum atomic E-state index is 11.5. The Morgan fingerprint density at radius 3 is 1.73 bits per heavy atom. The molecule has 0 aliphatic rings. The summed E-state index contributed by atoms with van der Waals surface area (Å²) in [6, 6.07) is -1.18. The molecule has 0 saturated heterocycles. The van der Waals surface area contributed by atoms with Crippen molar-refractivity contribution in [1.29, 1.82) is 0 Å². The highest BCUT2D eigenvalue weighted by molar-refractivity contribution is 5.83. The smallest absolute Gasteiger partial charge is 0.328 e. The van der Waals surface area contributed by atoms with Crippen LogP contribution in [0.25, 0.3) is 0 Å². The van der Waals surface area contributed by atoms with Gasteiger partial charge in [-0.15, -0.1) is 0 Å². The van der Waals surface area contributed by atoms with Crippen LogP contribution in [0.3, 0.4) is 0 Å². The minimum absolute atomic E-state index is 0.294. The highest BCUT2D eigenvalue weighted by Gasteiger charge is 2.17. The topological polar surface area (TPSA) is 86.6 Å². The van der Waals surface area contributed by atoms with Crippen molar-refractivity contribution in [2.24, 2.45) is 0 Å². The van der Waals surface area contributed by atoms with Crippen LogP contribution in [-0.4, -0.2) is 34.7 Å². The number of aliphatic hydroxyl groups excluding tert-OH is 1. The fourth-order valence-corrected chi connectivity index (χ4v) is 2.40. The van der Waals surface area contributed by atoms with Crippen molar-refractivity contribution in [3.63, 3.8) is 0 Å². The van der Waals surface area contributed by atoms with Crippen LogP contribution in [0, 0.1) is 0 Å². The lowest BCUT2D eigenvalue weighted by Gasteiger charge is -2.11. The molecule has 0 heterocycles. The Morgan fingerprint density at radius 1 is 0.864 bits per heavy atom. The first-order valence-electron chi connectivity index (χ1n) is 8.74. The van der Waals surface area contributed by atoms with Gasteiger partial charge in [0.1, 0.15) is 6.04 Å². The standard InChI is InChI=1S/C17H33NO4/c1-2-3-4-5-6-7-8-9-10-11-12-13-16(20)18-15(14-19)17(21)22/h15,19H,2-14H2,1H3,(H,18,20)(H,21,22)/t15-/m1/s1. The Morgan fingerprint density at radius 2 is 1.32 bits per heavy atom. The van der Waals surface area contributed by atoms with Crippen molar-refractivity contribution in [3.8, 4) is 0 Å². The van der Waals surface area contributed by atoms with Gasteiger partial charge in [0.15, 0.2) is 0 Å². The zero-order chi connectivity index (χ0) is 16.6. The third kappa shape index (κ3) is 12.6. The number of carboxylic acids is 1. The van der Waals surface area contributed by atoms with Gasteiger partial charge in [0.05, 0.1) is 6.61 Å². The van der Waals surface area contributed by atoms with Crippen molar-refractivity contribution in [2.75, 3.05) is 6.61 Å². The van der Waals surface area contributed by atoms with Crippen molar-refractivity contribution < 1.29 is 19.8 Å². The molecule has 0 saturated carbocycles. The molecule has 22 heavy (non-hydrogen) atoms. The zero-order valence-corrected chi connectivity index (χ0v) is 14.0. The fraction of sp³-hybridized carbons (Fsp3) is 0.882. The van der Waals surface area contributed by atoms with E-state index in [4.69, 9.17) is 10.2 Å². The van der Waals surface area contributed by atoms with E-state index in [0.717, 1.165) is 19.3 Å². The van der Waals surface area contributed by atoms with Crippen LogP contribution >= 0.6 is 0 Å². The lowest BCUT2D eigenvalue weighted by molar-refractivity contribution is -0.142. The highest BCUT2D eigenvalue weighted by Crippen LogP contribution is 2.11. The van der Waals surface area contributed by atoms with E-state index in [1.165, 1.54) is 51.4 Å². The molecule has 130 valence electrons. The summed E-state index contributed by atoms with van der Waals surface area (Å²) in [5, 5.41) is 19.8. The third-order valence-electron chi connectivity index (χ3n) is 3.82. The fourth-order valence-electron chi connectivity index (χ4n) is 2.40. The first kappa shape index (κ1) is 20.9. The molecule has 0 aliphatic heterocycles. The van der Waals surface area contributed by atoms with Crippen molar-refractivity contribution >= 4 is 11.9 Å². The van der Waals surface area contributed by atoms with Gasteiger partial charge < -0.3 is 15.5 Å². The van der Waals surface area contributed by atoms with E-state index in [-0.39, 0.29) is 5.91 Å². The average Bonchev–Trinajstić information content (AvgIpc) is 2.50. The number of amides is 1. The van der Waals surface area contributed by atoms with Gasteiger partial charge >= 0.3 is 5.97 Å². The van der Waals surface area contributed by atoms with Gasteiger partial charge in [-0.1, -0.05) is 71.1 Å². The van der Waals surface area contributed by atoms with Crippen LogP contribution in [0.4, 0.5) is 0 Å². The number of carbonyl (C=O) groups excluding carboxylic acids is 1. The molecular formula is C17H33NO4. The molecule has 0 bridgehead atoms. The van der Waals surface area contributed by atoms with Gasteiger partial charge in [-0.3, -0.25) is 4.79 Å². The average molecular weight is 315 g/mol. The van der Waals surface area contributed by atoms with Crippen LogP contribution < -0.4 is 5.32 Å². The number of aliphatic hydroxyl groups is 1. The van der Waals surface area contributed by atoms with E-state index in [9.17, 15) is 9.59 Å². The predicted molar refractivity (Wildman–Crippen MR) is 87.7 cm³/mol. The molecule has 1 amide bonds. The molecule has 3 N–H and O–H groups in total. The second-order valence-corrected chi connectivity index (χ2v) is 5.93. The van der Waals surface area contributed by atoms with Gasteiger partial charge in [-0.2, -0.15) is 0 Å². The molecule has 0 rings (SSSR count). The molecule has 0 aromatic heterocycles. The summed E-state index contributed by atoms with van der Waals surface area (Å²) >= 11 is 0. The number of hydrogen-bond acceptors (Lipinski definition) is 3. The van der Waals surface area contributed by atoms with Crippen molar-refractivity contribution in [3.05, 3.63) is 0 Å². The van der Waals surface area contributed by atoms with Crippen molar-refractivity contribution in [1.82, 2.24) is 5.32 Å². The van der Waals surface area contributed by atoms with Crippen LogP contribution in [0.5, 0.6) is 0 Å². The molecule has 0 aliphatic carbocycles. The molecule has 0 radical (unpaired) electrons. The Kier molecular flexibility index (Phi) is 14.1. The number of aliphatic carboxylic acids is 1. The maximum Gasteiger partial charge on any atom is 0.328 e. The second-order valence-electron chi connectivity index (χ2n) is 5.93. The number of rotatable bonds is 15. The normalized spacial score (nSPS) is 12.1. The minimum Gasteiger partial charge on any atom is -0.480 e. The molecule has 5 nitrogen and oxygen atoms in total. The minimum atomic E-state index is -1.20. The van der Waals surface area contributed by atoms with Crippen LogP contribution in [0.15, 0.2) is 0 Å². The summed E-state index contributed by atoms with van der Waals surface area (Å²) < 4.78 is 0. The van der Waals surface area contributed by atoms with Gasteiger partial charge in [0.2, 0.25) is 5.91 Å². The van der Waals surface area contributed by atoms with E-state index in [2.05, 4.69) is 12.2 Å². The van der Waals surface area contributed by atoms with Gasteiger partial charge in [-0.05, 0) is 6.42 Å². The van der Waals surface area contributed by atoms with E-state index in [1.807, 2.05) is 0 Å². The van der Waals surface area contributed by atoms with Crippen LogP contribution in [-0.2, 0) is 9.59 Å². The summed E-state index contributed by atoms with van der Waals surface area (Å²) in [6.07, 6.45) is 13.7. The van der Waals surface area contributed by atoms with Gasteiger partial charge in [-0.25, -0.2) is 4.79 Å². The zero-order valence-electron chi connectivity index (χ0n) is 14.0. The summed E-state index contributed by atoms with van der Waals surface area (Å²) in [5.41, 5.74) is 0. The highest BCUT2D eigenvalue weighted by atomic mass is 16.4. The third-order valence-corrected chi connectivity index (χ3v) is 3.82. The van der Waals surface area contributed by atoms with Crippen molar-refractivity contribution in [2.45, 2.75) is 90.0 Å². The van der Waals surface area contributed by atoms with E-state index in [1.54, 1.807) is 0 Å². The van der Waals surface area contributed by atoms with E-state index < -0.39 is 18.6 Å².